The molecule has 1 fully saturated rings. The van der Waals surface area contributed by atoms with Gasteiger partial charge in [-0.05, 0) is 47.2 Å². The molecule has 2 aromatic carbocycles. The second kappa shape index (κ2) is 10.5. The number of hydrogen-bond donors (Lipinski definition) is 4. The number of amidine groups is 1. The number of aliphatic hydroxyl groups excluding tert-OH is 3. The minimum atomic E-state index is -1.12. The smallest absolute Gasteiger partial charge is 0.235 e. The van der Waals surface area contributed by atoms with Crippen LogP contribution in [0.5, 0.6) is 0 Å². The van der Waals surface area contributed by atoms with Gasteiger partial charge in [0.05, 0.1) is 18.8 Å². The van der Waals surface area contributed by atoms with Gasteiger partial charge in [0.2, 0.25) is 6.41 Å². The third-order valence-electron chi connectivity index (χ3n) is 5.07. The number of hydrogen-bond acceptors (Lipinski definition) is 5. The number of carbonyl (C=O) groups excluding carboxylic acids is 1. The van der Waals surface area contributed by atoms with Crippen molar-refractivity contribution in [2.45, 2.75) is 37.3 Å². The Kier molecular flexibility index (Phi) is 7.80. The van der Waals surface area contributed by atoms with E-state index in [1.807, 2.05) is 36.4 Å². The number of aliphatic imine (C=N–C) groups is 1. The van der Waals surface area contributed by atoms with Crippen molar-refractivity contribution < 1.29 is 24.9 Å². The van der Waals surface area contributed by atoms with Crippen LogP contribution >= 0.6 is 11.6 Å². The predicted octanol–water partition coefficient (Wildman–Crippen LogP) is 1.34. The highest BCUT2D eigenvalue weighted by molar-refractivity contribution is 6.31. The molecule has 5 N–H and O–H groups in total. The third kappa shape index (κ3) is 5.91. The molecule has 1 amide bonds. The quantitative estimate of drug-likeness (QED) is 0.240. The fraction of sp³-hybridized carbons (Fsp3) is 0.304. The Morgan fingerprint density at radius 1 is 1.26 bits per heavy atom. The zero-order chi connectivity index (χ0) is 22.4. The molecule has 1 heterocycles. The Morgan fingerprint density at radius 3 is 2.68 bits per heavy atom. The van der Waals surface area contributed by atoms with Gasteiger partial charge in [0.15, 0.2) is 5.84 Å². The number of ether oxygens (including phenoxy) is 1. The third-order valence-corrected chi connectivity index (χ3v) is 5.44. The van der Waals surface area contributed by atoms with Crippen LogP contribution in [0.15, 0.2) is 47.5 Å². The lowest BCUT2D eigenvalue weighted by Gasteiger charge is -2.36. The van der Waals surface area contributed by atoms with Crippen molar-refractivity contribution in [3.05, 3.63) is 69.7 Å². The molecule has 162 valence electrons. The second-order valence-electron chi connectivity index (χ2n) is 7.23. The average molecular weight is 443 g/mol. The second-order valence-corrected chi connectivity index (χ2v) is 7.64. The number of benzene rings is 2. The molecule has 0 saturated carbocycles. The van der Waals surface area contributed by atoms with Gasteiger partial charge in [0, 0.05) is 17.0 Å². The number of nitrogens with zero attached hydrogens (tertiary/aromatic N) is 1. The molecule has 2 aromatic rings. The summed E-state index contributed by atoms with van der Waals surface area (Å²) in [5, 5.41) is 30.0. The summed E-state index contributed by atoms with van der Waals surface area (Å²) in [5.74, 6) is 5.37. The van der Waals surface area contributed by atoms with Gasteiger partial charge < -0.3 is 25.8 Å². The van der Waals surface area contributed by atoms with Crippen molar-refractivity contribution in [2.75, 3.05) is 6.61 Å². The van der Waals surface area contributed by atoms with E-state index in [0.717, 1.165) is 22.3 Å². The Morgan fingerprint density at radius 2 is 2.00 bits per heavy atom. The topological polar surface area (TPSA) is 125 Å². The van der Waals surface area contributed by atoms with Crippen molar-refractivity contribution in [2.24, 2.45) is 10.7 Å². The van der Waals surface area contributed by atoms with Gasteiger partial charge in [0.25, 0.3) is 0 Å². The zero-order valence-electron chi connectivity index (χ0n) is 16.6. The van der Waals surface area contributed by atoms with E-state index in [-0.39, 0.29) is 18.9 Å². The fourth-order valence-corrected chi connectivity index (χ4v) is 3.59. The number of carbonyl (C=O) groups is 1. The summed E-state index contributed by atoms with van der Waals surface area (Å²) in [6.07, 6.45) is -2.26. The van der Waals surface area contributed by atoms with E-state index < -0.39 is 24.4 Å². The van der Waals surface area contributed by atoms with Crippen molar-refractivity contribution in [3.8, 4) is 11.8 Å². The number of rotatable bonds is 5. The molecule has 3 rings (SSSR count). The van der Waals surface area contributed by atoms with E-state index in [0.29, 0.717) is 17.9 Å². The van der Waals surface area contributed by atoms with E-state index in [2.05, 4.69) is 16.8 Å². The van der Waals surface area contributed by atoms with Gasteiger partial charge in [0.1, 0.15) is 12.2 Å². The highest BCUT2D eigenvalue weighted by atomic mass is 35.5. The summed E-state index contributed by atoms with van der Waals surface area (Å²) in [4.78, 5) is 13.6. The Labute approximate surface area is 185 Å². The summed E-state index contributed by atoms with van der Waals surface area (Å²) in [6.45, 7) is -0.378. The highest BCUT2D eigenvalue weighted by Gasteiger charge is 2.37. The van der Waals surface area contributed by atoms with Crippen LogP contribution in [0, 0.1) is 11.8 Å². The maximum atomic E-state index is 10.3. The molecule has 7 nitrogen and oxygen atoms in total. The molecule has 1 aliphatic heterocycles. The number of nitrogens with two attached hydrogens (primary N) is 1. The molecule has 4 atom stereocenters. The summed E-state index contributed by atoms with van der Waals surface area (Å²) in [6, 6.07) is 13.0. The Hall–Kier alpha value is -2.73. The maximum absolute atomic E-state index is 10.3. The fourth-order valence-electron chi connectivity index (χ4n) is 3.40. The van der Waals surface area contributed by atoms with E-state index in [1.165, 1.54) is 0 Å². The molecule has 0 spiro atoms. The van der Waals surface area contributed by atoms with Crippen molar-refractivity contribution >= 4 is 23.8 Å². The number of halogens is 1. The normalized spacial score (nSPS) is 23.7. The molecule has 0 radical (unpaired) electrons. The van der Waals surface area contributed by atoms with Gasteiger partial charge in [-0.1, -0.05) is 41.8 Å². The van der Waals surface area contributed by atoms with Gasteiger partial charge in [-0.15, -0.1) is 0 Å². The van der Waals surface area contributed by atoms with E-state index in [9.17, 15) is 20.1 Å². The van der Waals surface area contributed by atoms with Crippen LogP contribution in [0.3, 0.4) is 0 Å². The predicted molar refractivity (Wildman–Crippen MR) is 117 cm³/mol. The number of amides is 1. The first-order valence-electron chi connectivity index (χ1n) is 9.70. The molecule has 0 unspecified atom stereocenters. The lowest BCUT2D eigenvalue weighted by molar-refractivity contribution is -0.181. The molecule has 1 aliphatic rings. The van der Waals surface area contributed by atoms with Crippen LogP contribution in [0.4, 0.5) is 0 Å². The largest absolute Gasteiger partial charge is 0.394 e. The average Bonchev–Trinajstić information content (AvgIpc) is 2.77. The van der Waals surface area contributed by atoms with Crippen LogP contribution in [-0.2, 0) is 16.0 Å². The Balaban J connectivity index is 1.75. The minimum Gasteiger partial charge on any atom is -0.394 e. The zero-order valence-corrected chi connectivity index (χ0v) is 17.4. The molecule has 8 heteroatoms. The van der Waals surface area contributed by atoms with E-state index >= 15 is 0 Å². The van der Waals surface area contributed by atoms with Crippen LogP contribution in [0.2, 0.25) is 5.02 Å². The van der Waals surface area contributed by atoms with E-state index in [1.54, 1.807) is 6.07 Å². The molecule has 0 aliphatic carbocycles. The van der Waals surface area contributed by atoms with Crippen LogP contribution in [-0.4, -0.2) is 52.5 Å². The van der Waals surface area contributed by atoms with Crippen molar-refractivity contribution in [3.63, 3.8) is 0 Å². The number of aliphatic hydroxyl groups is 3. The summed E-state index contributed by atoms with van der Waals surface area (Å²) in [5.41, 5.74) is 8.90. The van der Waals surface area contributed by atoms with Crippen LogP contribution in [0.1, 0.15) is 34.8 Å². The Bertz CT molecular complexity index is 1010. The molecule has 1 saturated heterocycles. The summed E-state index contributed by atoms with van der Waals surface area (Å²) < 4.78 is 5.77. The van der Waals surface area contributed by atoms with Gasteiger partial charge in [-0.3, -0.25) is 4.79 Å². The maximum Gasteiger partial charge on any atom is 0.235 e. The lowest BCUT2D eigenvalue weighted by atomic mass is 9.92. The summed E-state index contributed by atoms with van der Waals surface area (Å²) >= 11 is 6.39. The van der Waals surface area contributed by atoms with Crippen LogP contribution in [0.25, 0.3) is 0 Å². The summed E-state index contributed by atoms with van der Waals surface area (Å²) in [7, 11) is 0. The lowest BCUT2D eigenvalue weighted by Crippen LogP contribution is -2.47. The van der Waals surface area contributed by atoms with Gasteiger partial charge in [-0.25, -0.2) is 0 Å². The molecule has 0 bridgehead atoms. The van der Waals surface area contributed by atoms with Crippen molar-refractivity contribution in [1.29, 1.82) is 0 Å². The minimum absolute atomic E-state index is 0.0475. The molecular weight excluding hydrogens is 420 g/mol. The molecule has 0 aromatic heterocycles. The highest BCUT2D eigenvalue weighted by Crippen LogP contribution is 2.34. The first-order valence-corrected chi connectivity index (χ1v) is 10.1. The van der Waals surface area contributed by atoms with Crippen LogP contribution < -0.4 is 5.73 Å². The first-order chi connectivity index (χ1) is 14.9. The monoisotopic (exact) mass is 442 g/mol. The molecular formula is C23H23ClN2O5. The van der Waals surface area contributed by atoms with Crippen molar-refractivity contribution in [1.82, 2.24) is 0 Å². The van der Waals surface area contributed by atoms with Gasteiger partial charge >= 0.3 is 0 Å². The standard InChI is InChI=1S/C23H23ClN2O5/c24-18-7-6-16(20-11-19(29)23(30)21(12-27)31-20)10-17(18)9-15-3-1-14(2-4-15)5-8-22(25)26-13-28/h1-4,6-7,10,13,19-21,23,27,29-30H,9,11-12H2,(H2,25,26,28)/t19-,20-,21-,23+/m1/s1. The van der Waals surface area contributed by atoms with E-state index in [4.69, 9.17) is 22.1 Å². The van der Waals surface area contributed by atoms with Gasteiger partial charge in [-0.2, -0.15) is 4.99 Å². The molecule has 31 heavy (non-hydrogen) atoms. The SMILES string of the molecule is NC(C#Cc1ccc(Cc2cc([C@H]3C[C@@H](O)[C@H](O)[C@@H](CO)O3)ccc2Cl)cc1)=NC=O. The first kappa shape index (κ1) is 22.9.